The first-order valence-corrected chi connectivity index (χ1v) is 6.60. The largest absolute Gasteiger partial charge is 0.462 e. The lowest BCUT2D eigenvalue weighted by Crippen LogP contribution is -2.47. The summed E-state index contributed by atoms with van der Waals surface area (Å²) in [6.07, 6.45) is -0.00982. The summed E-state index contributed by atoms with van der Waals surface area (Å²) in [7, 11) is 0. The lowest BCUT2D eigenvalue weighted by atomic mass is 10.2. The minimum Gasteiger partial charge on any atom is -0.462 e. The van der Waals surface area contributed by atoms with Crippen LogP contribution in [0.3, 0.4) is 0 Å². The second kappa shape index (κ2) is 5.75. The topological polar surface area (TPSA) is 29.5 Å². The van der Waals surface area contributed by atoms with Crippen molar-refractivity contribution in [3.8, 4) is 0 Å². The first-order valence-electron chi connectivity index (χ1n) is 5.56. The molecule has 1 heterocycles. The Hall–Kier alpha value is -0.220. The lowest BCUT2D eigenvalue weighted by molar-refractivity contribution is -0.149. The molecule has 0 bridgehead atoms. The SMILES string of the molecule is CC(C)OC(=O)CN1CCSC(C)C1C. The van der Waals surface area contributed by atoms with E-state index in [0.29, 0.717) is 17.8 Å². The van der Waals surface area contributed by atoms with Gasteiger partial charge in [0.2, 0.25) is 0 Å². The minimum absolute atomic E-state index is 0.00982. The molecular weight excluding hydrogens is 210 g/mol. The number of carbonyl (C=O) groups excluding carboxylic acids is 1. The number of hydrogen-bond acceptors (Lipinski definition) is 4. The minimum atomic E-state index is -0.101. The predicted octanol–water partition coefficient (Wildman–Crippen LogP) is 1.76. The summed E-state index contributed by atoms with van der Waals surface area (Å²) >= 11 is 1.98. The number of ether oxygens (including phenoxy) is 1. The molecule has 0 spiro atoms. The molecule has 0 aromatic rings. The van der Waals surface area contributed by atoms with Gasteiger partial charge in [-0.15, -0.1) is 0 Å². The maximum absolute atomic E-state index is 11.5. The van der Waals surface area contributed by atoms with Gasteiger partial charge in [0.1, 0.15) is 0 Å². The maximum atomic E-state index is 11.5. The van der Waals surface area contributed by atoms with Crippen LogP contribution in [0.1, 0.15) is 27.7 Å². The van der Waals surface area contributed by atoms with E-state index in [1.807, 2.05) is 25.6 Å². The van der Waals surface area contributed by atoms with Gasteiger partial charge in [0, 0.05) is 23.6 Å². The van der Waals surface area contributed by atoms with E-state index in [4.69, 9.17) is 4.74 Å². The monoisotopic (exact) mass is 231 g/mol. The van der Waals surface area contributed by atoms with Gasteiger partial charge in [-0.1, -0.05) is 6.92 Å². The molecule has 2 atom stereocenters. The van der Waals surface area contributed by atoms with Crippen LogP contribution in [0.25, 0.3) is 0 Å². The molecule has 3 nitrogen and oxygen atoms in total. The van der Waals surface area contributed by atoms with Crippen molar-refractivity contribution < 1.29 is 9.53 Å². The van der Waals surface area contributed by atoms with Gasteiger partial charge < -0.3 is 4.74 Å². The molecule has 0 aliphatic carbocycles. The van der Waals surface area contributed by atoms with Crippen molar-refractivity contribution in [2.45, 2.75) is 45.1 Å². The summed E-state index contributed by atoms with van der Waals surface area (Å²) in [6.45, 7) is 9.59. The van der Waals surface area contributed by atoms with Gasteiger partial charge >= 0.3 is 5.97 Å². The van der Waals surface area contributed by atoms with E-state index in [0.717, 1.165) is 12.3 Å². The Kier molecular flexibility index (Phi) is 4.93. The molecule has 0 N–H and O–H groups in total. The Morgan fingerprint density at radius 1 is 1.53 bits per heavy atom. The Bertz CT molecular complexity index is 221. The van der Waals surface area contributed by atoms with E-state index in [1.165, 1.54) is 0 Å². The van der Waals surface area contributed by atoms with Crippen molar-refractivity contribution in [1.82, 2.24) is 4.90 Å². The number of esters is 1. The Morgan fingerprint density at radius 3 is 2.80 bits per heavy atom. The highest BCUT2D eigenvalue weighted by Crippen LogP contribution is 2.23. The summed E-state index contributed by atoms with van der Waals surface area (Å²) < 4.78 is 5.15. The number of carbonyl (C=O) groups is 1. The predicted molar refractivity (Wildman–Crippen MR) is 64.2 cm³/mol. The third-order valence-corrected chi connectivity index (χ3v) is 4.05. The molecule has 1 aliphatic rings. The molecule has 1 rings (SSSR count). The van der Waals surface area contributed by atoms with Crippen LogP contribution in [0.4, 0.5) is 0 Å². The molecule has 0 saturated carbocycles. The average molecular weight is 231 g/mol. The van der Waals surface area contributed by atoms with Crippen molar-refractivity contribution in [2.75, 3.05) is 18.8 Å². The fourth-order valence-electron chi connectivity index (χ4n) is 1.68. The molecule has 15 heavy (non-hydrogen) atoms. The fourth-order valence-corrected chi connectivity index (χ4v) is 2.85. The molecule has 0 amide bonds. The summed E-state index contributed by atoms with van der Waals surface area (Å²) in [6, 6.07) is 0.462. The van der Waals surface area contributed by atoms with E-state index in [-0.39, 0.29) is 12.1 Å². The quantitative estimate of drug-likeness (QED) is 0.692. The highest BCUT2D eigenvalue weighted by molar-refractivity contribution is 8.00. The Balaban J connectivity index is 2.39. The second-order valence-corrected chi connectivity index (χ2v) is 5.81. The lowest BCUT2D eigenvalue weighted by Gasteiger charge is -2.36. The molecule has 2 unspecified atom stereocenters. The van der Waals surface area contributed by atoms with Crippen LogP contribution in [0, 0.1) is 0 Å². The normalized spacial score (nSPS) is 28.1. The molecule has 0 radical (unpaired) electrons. The Morgan fingerprint density at radius 2 is 2.20 bits per heavy atom. The van der Waals surface area contributed by atoms with Crippen molar-refractivity contribution >= 4 is 17.7 Å². The summed E-state index contributed by atoms with van der Waals surface area (Å²) in [5.41, 5.74) is 0. The molecule has 1 fully saturated rings. The highest BCUT2D eigenvalue weighted by atomic mass is 32.2. The van der Waals surface area contributed by atoms with E-state index >= 15 is 0 Å². The third-order valence-electron chi connectivity index (χ3n) is 2.71. The van der Waals surface area contributed by atoms with Crippen molar-refractivity contribution in [3.63, 3.8) is 0 Å². The van der Waals surface area contributed by atoms with Crippen LogP contribution in [0.5, 0.6) is 0 Å². The Labute approximate surface area is 96.5 Å². The van der Waals surface area contributed by atoms with Crippen LogP contribution < -0.4 is 0 Å². The first kappa shape index (κ1) is 12.8. The zero-order valence-electron chi connectivity index (χ0n) is 10.0. The second-order valence-electron chi connectivity index (χ2n) is 4.33. The molecule has 1 aliphatic heterocycles. The summed E-state index contributed by atoms with van der Waals surface area (Å²) in [5.74, 6) is 1.01. The summed E-state index contributed by atoms with van der Waals surface area (Å²) in [5, 5.41) is 0.602. The van der Waals surface area contributed by atoms with E-state index in [1.54, 1.807) is 0 Å². The van der Waals surface area contributed by atoms with Crippen LogP contribution in [0.2, 0.25) is 0 Å². The smallest absolute Gasteiger partial charge is 0.320 e. The van der Waals surface area contributed by atoms with Crippen LogP contribution in [-0.2, 0) is 9.53 Å². The molecule has 0 aromatic heterocycles. The van der Waals surface area contributed by atoms with Gasteiger partial charge in [-0.25, -0.2) is 0 Å². The standard InChI is InChI=1S/C11H21NO2S/c1-8(2)14-11(13)7-12-5-6-15-10(4)9(12)3/h8-10H,5-7H2,1-4H3. The number of rotatable bonds is 3. The molecular formula is C11H21NO2S. The number of thioether (sulfide) groups is 1. The first-order chi connectivity index (χ1) is 7.00. The van der Waals surface area contributed by atoms with E-state index in [9.17, 15) is 4.79 Å². The van der Waals surface area contributed by atoms with Crippen molar-refractivity contribution in [2.24, 2.45) is 0 Å². The highest BCUT2D eigenvalue weighted by Gasteiger charge is 2.27. The zero-order valence-corrected chi connectivity index (χ0v) is 10.8. The number of hydrogen-bond donors (Lipinski definition) is 0. The molecule has 88 valence electrons. The maximum Gasteiger partial charge on any atom is 0.320 e. The number of nitrogens with zero attached hydrogens (tertiary/aromatic N) is 1. The van der Waals surface area contributed by atoms with Crippen LogP contribution in [0.15, 0.2) is 0 Å². The molecule has 1 saturated heterocycles. The van der Waals surface area contributed by atoms with E-state index < -0.39 is 0 Å². The zero-order chi connectivity index (χ0) is 11.4. The van der Waals surface area contributed by atoms with Gasteiger partial charge in [0.25, 0.3) is 0 Å². The van der Waals surface area contributed by atoms with Gasteiger partial charge in [0.15, 0.2) is 0 Å². The van der Waals surface area contributed by atoms with Gasteiger partial charge in [-0.3, -0.25) is 9.69 Å². The van der Waals surface area contributed by atoms with Crippen molar-refractivity contribution in [3.05, 3.63) is 0 Å². The van der Waals surface area contributed by atoms with Crippen LogP contribution >= 0.6 is 11.8 Å². The van der Waals surface area contributed by atoms with Crippen molar-refractivity contribution in [1.29, 1.82) is 0 Å². The van der Waals surface area contributed by atoms with Crippen LogP contribution in [-0.4, -0.2) is 47.1 Å². The van der Waals surface area contributed by atoms with Gasteiger partial charge in [-0.05, 0) is 20.8 Å². The van der Waals surface area contributed by atoms with Gasteiger partial charge in [0.05, 0.1) is 12.6 Å². The average Bonchev–Trinajstić information content (AvgIpc) is 2.11. The van der Waals surface area contributed by atoms with E-state index in [2.05, 4.69) is 18.7 Å². The fraction of sp³-hybridized carbons (Fsp3) is 0.909. The third kappa shape index (κ3) is 4.03. The summed E-state index contributed by atoms with van der Waals surface area (Å²) in [4.78, 5) is 13.7. The van der Waals surface area contributed by atoms with Gasteiger partial charge in [-0.2, -0.15) is 11.8 Å². The molecule has 0 aromatic carbocycles. The molecule has 4 heteroatoms.